The molecule has 0 aliphatic heterocycles. The van der Waals surface area contributed by atoms with E-state index in [4.69, 9.17) is 33.2 Å². The van der Waals surface area contributed by atoms with Crippen molar-refractivity contribution in [3.8, 4) is 5.82 Å². The fourth-order valence-electron chi connectivity index (χ4n) is 5.18. The number of hydrogen-bond donors (Lipinski definition) is 3. The molecule has 2 heterocycles. The molecule has 10 heteroatoms. The molecule has 1 unspecified atom stereocenters. The zero-order valence-electron chi connectivity index (χ0n) is 23.1. The summed E-state index contributed by atoms with van der Waals surface area (Å²) < 4.78 is 1.85. The van der Waals surface area contributed by atoms with Gasteiger partial charge in [0.05, 0.1) is 5.69 Å². The number of carbonyl (C=O) groups is 1. The first kappa shape index (κ1) is 28.9. The van der Waals surface area contributed by atoms with Crippen molar-refractivity contribution in [1.29, 1.82) is 0 Å². The summed E-state index contributed by atoms with van der Waals surface area (Å²) in [6, 6.07) is 16.6. The minimum Gasteiger partial charge on any atom is -0.358 e. The molecule has 2 aromatic heterocycles. The molecule has 2 aromatic carbocycles. The molecule has 0 spiro atoms. The van der Waals surface area contributed by atoms with Gasteiger partial charge >= 0.3 is 0 Å². The summed E-state index contributed by atoms with van der Waals surface area (Å²) in [5.74, 6) is 2.08. The van der Waals surface area contributed by atoms with Crippen molar-refractivity contribution in [3.63, 3.8) is 0 Å². The molecule has 1 amide bonds. The van der Waals surface area contributed by atoms with Crippen LogP contribution in [0.15, 0.2) is 67.1 Å². The van der Waals surface area contributed by atoms with E-state index >= 15 is 0 Å². The molecular weight excluding hydrogens is 557 g/mol. The van der Waals surface area contributed by atoms with Crippen LogP contribution in [0.25, 0.3) is 5.82 Å². The fourth-order valence-corrected chi connectivity index (χ4v) is 5.51. The van der Waals surface area contributed by atoms with Crippen LogP contribution in [-0.4, -0.2) is 31.5 Å². The summed E-state index contributed by atoms with van der Waals surface area (Å²) in [6.45, 7) is 2.86. The number of hydrogen-bond acceptors (Lipinski definition) is 6. The van der Waals surface area contributed by atoms with Gasteiger partial charge in [-0.2, -0.15) is 9.97 Å². The lowest BCUT2D eigenvalue weighted by Gasteiger charge is -2.27. The van der Waals surface area contributed by atoms with Crippen LogP contribution >= 0.6 is 23.2 Å². The molecule has 214 valence electrons. The van der Waals surface area contributed by atoms with E-state index in [1.807, 2.05) is 72.3 Å². The second-order valence-corrected chi connectivity index (χ2v) is 11.5. The Hall–Kier alpha value is -3.62. The maximum absolute atomic E-state index is 13.6. The van der Waals surface area contributed by atoms with Crippen molar-refractivity contribution >= 4 is 40.9 Å². The number of imidazole rings is 1. The Bertz CT molecular complexity index is 1450. The quantitative estimate of drug-likeness (QED) is 0.174. The molecule has 1 aliphatic rings. The summed E-state index contributed by atoms with van der Waals surface area (Å²) >= 11 is 12.2. The highest BCUT2D eigenvalue weighted by Gasteiger charge is 2.25. The summed E-state index contributed by atoms with van der Waals surface area (Å²) in [5.41, 5.74) is 2.88. The Labute approximate surface area is 250 Å². The number of aryl methyl sites for hydroxylation is 1. The van der Waals surface area contributed by atoms with Crippen LogP contribution in [0.2, 0.25) is 10.0 Å². The number of benzene rings is 2. The maximum Gasteiger partial charge on any atom is 0.242 e. The summed E-state index contributed by atoms with van der Waals surface area (Å²) in [6.07, 6.45) is 10.3. The number of amides is 1. The van der Waals surface area contributed by atoms with Crippen molar-refractivity contribution in [2.75, 3.05) is 10.6 Å². The summed E-state index contributed by atoms with van der Waals surface area (Å²) in [7, 11) is 0. The normalized spacial score (nSPS) is 14.4. The van der Waals surface area contributed by atoms with Gasteiger partial charge in [-0.15, -0.1) is 0 Å². The van der Waals surface area contributed by atoms with Crippen LogP contribution < -0.4 is 16.0 Å². The molecule has 4 aromatic rings. The molecule has 5 rings (SSSR count). The van der Waals surface area contributed by atoms with Crippen molar-refractivity contribution < 1.29 is 4.79 Å². The van der Waals surface area contributed by atoms with E-state index in [1.54, 1.807) is 6.33 Å². The second kappa shape index (κ2) is 13.8. The van der Waals surface area contributed by atoms with Gasteiger partial charge in [-0.3, -0.25) is 9.36 Å². The molecule has 1 saturated carbocycles. The first-order chi connectivity index (χ1) is 19.9. The summed E-state index contributed by atoms with van der Waals surface area (Å²) in [5, 5.41) is 11.2. The van der Waals surface area contributed by atoms with Crippen molar-refractivity contribution in [3.05, 3.63) is 94.0 Å². The van der Waals surface area contributed by atoms with Gasteiger partial charge in [0.25, 0.3) is 0 Å². The van der Waals surface area contributed by atoms with Crippen molar-refractivity contribution in [2.45, 2.75) is 64.6 Å². The van der Waals surface area contributed by atoms with Gasteiger partial charge < -0.3 is 16.0 Å². The summed E-state index contributed by atoms with van der Waals surface area (Å²) in [4.78, 5) is 27.4. The number of nitrogens with one attached hydrogen (secondary N) is 3. The highest BCUT2D eigenvalue weighted by atomic mass is 35.5. The van der Waals surface area contributed by atoms with Gasteiger partial charge in [-0.25, -0.2) is 4.98 Å². The van der Waals surface area contributed by atoms with Gasteiger partial charge in [0.1, 0.15) is 24.0 Å². The van der Waals surface area contributed by atoms with E-state index in [0.717, 1.165) is 36.1 Å². The van der Waals surface area contributed by atoms with Crippen LogP contribution in [-0.2, 0) is 17.9 Å². The number of nitrogens with zero attached hydrogens (tertiary/aromatic N) is 4. The first-order valence-electron chi connectivity index (χ1n) is 14.1. The molecule has 1 fully saturated rings. The van der Waals surface area contributed by atoms with Crippen LogP contribution in [0, 0.1) is 12.8 Å². The Morgan fingerprint density at radius 3 is 2.51 bits per heavy atom. The molecule has 8 nitrogen and oxygen atoms in total. The average Bonchev–Trinajstić information content (AvgIpc) is 3.42. The van der Waals surface area contributed by atoms with Gasteiger partial charge in [-0.1, -0.05) is 79.6 Å². The Balaban J connectivity index is 1.38. The Morgan fingerprint density at radius 2 is 1.78 bits per heavy atom. The lowest BCUT2D eigenvalue weighted by Crippen LogP contribution is -2.41. The van der Waals surface area contributed by atoms with Gasteiger partial charge in [0, 0.05) is 35.4 Å². The predicted molar refractivity (Wildman–Crippen MR) is 165 cm³/mol. The molecule has 0 saturated heterocycles. The Morgan fingerprint density at radius 1 is 0.976 bits per heavy atom. The van der Waals surface area contributed by atoms with Crippen LogP contribution in [0.5, 0.6) is 0 Å². The van der Waals surface area contributed by atoms with E-state index in [-0.39, 0.29) is 5.91 Å². The lowest BCUT2D eigenvalue weighted by molar-refractivity contribution is -0.122. The number of anilines is 2. The lowest BCUT2D eigenvalue weighted by atomic mass is 9.84. The van der Waals surface area contributed by atoms with E-state index < -0.39 is 6.04 Å². The highest BCUT2D eigenvalue weighted by Crippen LogP contribution is 2.28. The first-order valence-corrected chi connectivity index (χ1v) is 14.8. The number of halogens is 2. The van der Waals surface area contributed by atoms with E-state index in [2.05, 4.69) is 20.9 Å². The van der Waals surface area contributed by atoms with E-state index in [1.165, 1.54) is 19.3 Å². The molecule has 3 N–H and O–H groups in total. The fraction of sp³-hybridized carbons (Fsp3) is 0.355. The molecule has 41 heavy (non-hydrogen) atoms. The predicted octanol–water partition coefficient (Wildman–Crippen LogP) is 6.96. The standard InChI is InChI=1S/C31H35Cl2N7O/c1-21-19-40(20-36-21)29-16-28(38-31(39-29)35-18-24-8-5-9-26(33)14-24)37-27(15-22-6-3-2-4-7-22)30(41)34-17-23-10-12-25(32)13-11-23/h5,8-14,16,19-20,22,27H,2-4,6-7,15,17-18H2,1H3,(H,34,41)(H2,35,37,38,39). The zero-order chi connectivity index (χ0) is 28.6. The highest BCUT2D eigenvalue weighted by molar-refractivity contribution is 6.30. The number of aromatic nitrogens is 4. The smallest absolute Gasteiger partial charge is 0.242 e. The molecule has 1 aliphatic carbocycles. The van der Waals surface area contributed by atoms with Gasteiger partial charge in [0.2, 0.25) is 11.9 Å². The maximum atomic E-state index is 13.6. The third-order valence-corrected chi connectivity index (χ3v) is 7.83. The average molecular weight is 593 g/mol. The number of rotatable bonds is 11. The Kier molecular flexibility index (Phi) is 9.75. The van der Waals surface area contributed by atoms with E-state index in [0.29, 0.717) is 46.6 Å². The van der Waals surface area contributed by atoms with Gasteiger partial charge in [-0.05, 0) is 54.7 Å². The minimum absolute atomic E-state index is 0.0578. The minimum atomic E-state index is -0.446. The largest absolute Gasteiger partial charge is 0.358 e. The van der Waals surface area contributed by atoms with Crippen molar-refractivity contribution in [1.82, 2.24) is 24.8 Å². The van der Waals surface area contributed by atoms with Crippen molar-refractivity contribution in [2.24, 2.45) is 5.92 Å². The monoisotopic (exact) mass is 591 g/mol. The molecule has 0 radical (unpaired) electrons. The number of carbonyl (C=O) groups excluding carboxylic acids is 1. The van der Waals surface area contributed by atoms with Crippen LogP contribution in [0.4, 0.5) is 11.8 Å². The van der Waals surface area contributed by atoms with Crippen LogP contribution in [0.1, 0.15) is 55.3 Å². The van der Waals surface area contributed by atoms with Gasteiger partial charge in [0.15, 0.2) is 0 Å². The topological polar surface area (TPSA) is 96.8 Å². The third-order valence-electron chi connectivity index (χ3n) is 7.34. The molecular formula is C31H35Cl2N7O. The van der Waals surface area contributed by atoms with Crippen LogP contribution in [0.3, 0.4) is 0 Å². The SMILES string of the molecule is Cc1cn(-c2cc(NC(CC3CCCCC3)C(=O)NCc3ccc(Cl)cc3)nc(NCc3cccc(Cl)c3)n2)cn1. The zero-order valence-corrected chi connectivity index (χ0v) is 24.6. The third kappa shape index (κ3) is 8.44. The molecule has 0 bridgehead atoms. The second-order valence-electron chi connectivity index (χ2n) is 10.6. The van der Waals surface area contributed by atoms with E-state index in [9.17, 15) is 4.79 Å². The molecule has 1 atom stereocenters.